The van der Waals surface area contributed by atoms with E-state index in [1.807, 2.05) is 52.0 Å². The molecule has 21 nitrogen and oxygen atoms in total. The highest BCUT2D eigenvalue weighted by Crippen LogP contribution is 2.45. The van der Waals surface area contributed by atoms with Crippen LogP contribution >= 0.6 is 0 Å². The molecule has 0 bridgehead atoms. The van der Waals surface area contributed by atoms with Gasteiger partial charge in [-0.2, -0.15) is 0 Å². The summed E-state index contributed by atoms with van der Waals surface area (Å²) in [5.41, 5.74) is 0.0964. The lowest BCUT2D eigenvalue weighted by molar-refractivity contribution is -0.145. The van der Waals surface area contributed by atoms with E-state index in [2.05, 4.69) is 35.1 Å². The van der Waals surface area contributed by atoms with Crippen molar-refractivity contribution in [2.45, 2.75) is 217 Å². The maximum atomic E-state index is 13.2. The van der Waals surface area contributed by atoms with Gasteiger partial charge in [-0.05, 0) is 91.2 Å². The molecule has 6 saturated heterocycles. The lowest BCUT2D eigenvalue weighted by Crippen LogP contribution is -2.52. The zero-order valence-electron chi connectivity index (χ0n) is 46.7. The normalized spacial score (nSPS) is 35.8. The molecule has 6 aliphatic heterocycles. The number of aliphatic hydroxyl groups is 2. The number of carbonyl (C=O) groups is 6. The summed E-state index contributed by atoms with van der Waals surface area (Å²) >= 11 is 0. The zero-order chi connectivity index (χ0) is 57.1. The van der Waals surface area contributed by atoms with Gasteiger partial charge in [0.25, 0.3) is 0 Å². The fourth-order valence-electron chi connectivity index (χ4n) is 10.6. The molecule has 6 rings (SSSR count). The van der Waals surface area contributed by atoms with Gasteiger partial charge < -0.3 is 58.7 Å². The Bertz CT molecular complexity index is 2200. The summed E-state index contributed by atoms with van der Waals surface area (Å²) in [6.07, 6.45) is 13.4. The van der Waals surface area contributed by atoms with E-state index in [1.165, 1.54) is 38.2 Å². The first-order chi connectivity index (χ1) is 36.8. The first-order valence-corrected chi connectivity index (χ1v) is 27.3. The number of ether oxygens (including phenoxy) is 8. The molecule has 0 aromatic heterocycles. The summed E-state index contributed by atoms with van der Waals surface area (Å²) in [4.78, 5) is 73.9. The maximum Gasteiger partial charge on any atom is 0.303 e. The van der Waals surface area contributed by atoms with Crippen LogP contribution in [0.5, 0.6) is 0 Å². The van der Waals surface area contributed by atoms with Gasteiger partial charge in [0.1, 0.15) is 47.8 Å². The molecule has 18 atom stereocenters. The lowest BCUT2D eigenvalue weighted by atomic mass is 9.87. The number of hydrogen-bond donors (Lipinski definition) is 7. The maximum absolute atomic E-state index is 13.2. The average Bonchev–Trinajstić information content (AvgIpc) is 4.40. The predicted molar refractivity (Wildman–Crippen MR) is 285 cm³/mol. The highest BCUT2D eigenvalue weighted by Gasteiger charge is 2.59. The highest BCUT2D eigenvalue weighted by molar-refractivity contribution is 6.03. The average molecular weight is 1090 g/mol. The van der Waals surface area contributed by atoms with Gasteiger partial charge in [0.05, 0.1) is 74.8 Å². The van der Waals surface area contributed by atoms with Crippen molar-refractivity contribution in [3.63, 3.8) is 0 Å². The molecule has 4 amide bonds. The van der Waals surface area contributed by atoms with Gasteiger partial charge in [-0.15, -0.1) is 0 Å². The molecule has 1 unspecified atom stereocenters. The molecule has 0 aliphatic carbocycles. The van der Waals surface area contributed by atoms with Crippen LogP contribution in [0.15, 0.2) is 71.9 Å². The third-order valence-electron chi connectivity index (χ3n) is 15.2. The van der Waals surface area contributed by atoms with Gasteiger partial charge in [-0.3, -0.25) is 44.8 Å². The van der Waals surface area contributed by atoms with Crippen molar-refractivity contribution in [3.8, 4) is 0 Å². The molecule has 0 aromatic carbocycles. The Balaban J connectivity index is 0.919. The molecule has 6 aliphatic rings. The lowest BCUT2D eigenvalue weighted by Gasteiger charge is -2.39. The summed E-state index contributed by atoms with van der Waals surface area (Å²) < 4.78 is 46.5. The van der Waals surface area contributed by atoms with Crippen LogP contribution in [0, 0.1) is 17.2 Å². The number of hydrogen-bond acceptors (Lipinski definition) is 17. The molecule has 6 fully saturated rings. The number of epoxide rings is 2. The van der Waals surface area contributed by atoms with Crippen molar-refractivity contribution in [1.29, 1.82) is 5.41 Å². The van der Waals surface area contributed by atoms with E-state index in [0.29, 0.717) is 38.9 Å². The number of amides is 4. The largest absolute Gasteiger partial charge is 0.459 e. The molecule has 7 N–H and O–H groups in total. The summed E-state index contributed by atoms with van der Waals surface area (Å²) in [7, 11) is 0. The van der Waals surface area contributed by atoms with Crippen LogP contribution in [0.25, 0.3) is 0 Å². The van der Waals surface area contributed by atoms with Crippen molar-refractivity contribution in [2.24, 2.45) is 11.8 Å². The number of allylic oxidation sites excluding steroid dienone is 4. The second kappa shape index (κ2) is 27.7. The van der Waals surface area contributed by atoms with Crippen molar-refractivity contribution in [1.82, 2.24) is 21.3 Å². The topological polar surface area (TPSA) is 295 Å². The van der Waals surface area contributed by atoms with E-state index in [1.54, 1.807) is 26.0 Å². The van der Waals surface area contributed by atoms with Crippen molar-refractivity contribution in [2.75, 3.05) is 13.2 Å². The molecule has 0 radical (unpaired) electrons. The molecule has 78 heavy (non-hydrogen) atoms. The minimum absolute atomic E-state index is 0.0918. The third kappa shape index (κ3) is 18.3. The molecule has 21 heteroatoms. The smallest absolute Gasteiger partial charge is 0.303 e. The minimum Gasteiger partial charge on any atom is -0.459 e. The Morgan fingerprint density at radius 2 is 0.987 bits per heavy atom. The van der Waals surface area contributed by atoms with Gasteiger partial charge >= 0.3 is 11.9 Å². The van der Waals surface area contributed by atoms with E-state index in [9.17, 15) is 39.0 Å². The van der Waals surface area contributed by atoms with E-state index in [-0.39, 0.29) is 85.8 Å². The predicted octanol–water partition coefficient (Wildman–Crippen LogP) is 3.91. The van der Waals surface area contributed by atoms with Crippen molar-refractivity contribution >= 4 is 41.5 Å². The summed E-state index contributed by atoms with van der Waals surface area (Å²) in [5, 5.41) is 41.6. The van der Waals surface area contributed by atoms with Gasteiger partial charge in [0.2, 0.25) is 29.6 Å². The number of aliphatic hydroxyl groups excluding tert-OH is 2. The number of nitrogens with one attached hydrogen (secondary N) is 5. The SMILES string of the molecule is CC(=O)OC(C)C=CC(=O)N[C@@H]1C[C@H](C)[C@H](C/C=C(C)/C=C/[C@H]2O[C@H](CC(=O)NC(=N)NC(=O)C[C@@H]3C[C@@]4(CO4)[C@H](O)[C@@H](/C=C/C(C)=C/C[C@@H]4O[C@H](C)[C@H](NC(=O)/C=C\[C@H](C)OC(C)=O)C[C@@H]4C)O3)C[C@@]3(CO3)[C@@H]2O)O[C@@H]1C. The van der Waals surface area contributed by atoms with Crippen LogP contribution in [-0.2, 0) is 66.7 Å². The van der Waals surface area contributed by atoms with Crippen LogP contribution in [0.4, 0.5) is 0 Å². The van der Waals surface area contributed by atoms with Crippen LogP contribution < -0.4 is 21.3 Å². The molecule has 0 saturated carbocycles. The number of rotatable bonds is 20. The van der Waals surface area contributed by atoms with Crippen molar-refractivity contribution in [3.05, 3.63) is 71.9 Å². The van der Waals surface area contributed by atoms with Crippen LogP contribution in [0.1, 0.15) is 121 Å². The van der Waals surface area contributed by atoms with Crippen LogP contribution in [-0.4, -0.2) is 161 Å². The van der Waals surface area contributed by atoms with Crippen molar-refractivity contribution < 1.29 is 76.9 Å². The quantitative estimate of drug-likeness (QED) is 0.0227. The van der Waals surface area contributed by atoms with Gasteiger partial charge in [-0.25, -0.2) is 0 Å². The number of esters is 2. The van der Waals surface area contributed by atoms with Gasteiger partial charge in [0.15, 0.2) is 0 Å². The second-order valence-corrected chi connectivity index (χ2v) is 22.2. The Kier molecular flexibility index (Phi) is 21.9. The zero-order valence-corrected chi connectivity index (χ0v) is 46.7. The third-order valence-corrected chi connectivity index (χ3v) is 15.2. The first-order valence-electron chi connectivity index (χ1n) is 27.3. The van der Waals surface area contributed by atoms with Crippen LogP contribution in [0.3, 0.4) is 0 Å². The number of carbonyl (C=O) groups excluding carboxylic acids is 6. The number of guanidine groups is 1. The standard InChI is InChI=1S/C57H83N5O16/c1-31(11-17-45-33(3)23-43(37(7)75-45)59-49(65)21-15-35(5)73-39(9)63)13-19-47-53(69)56(29-71-56)27-41(77-47)25-51(67)61-55(58)62-52(68)26-42-28-57(30-72-57)54(70)48(78-42)20-14-32(2)12-18-46-34(4)24-44(38(8)76-46)60-50(66)22-16-36(6)74-40(10)64/h11-16,19-22,33-38,41-48,53-54,69-70H,17-18,23-30H2,1-10H3,(H,59,65)(H,60,66)(H3,58,61,62,67,68)/b19-13+,20-14+,21-15-,22-16?,31-11+,32-12+/t33-,34-,35-,36?,37+,38+,41+,42+,43+,44+,45-,46-,47+,48+,53+,54+,56+,57+/m0/s1. The summed E-state index contributed by atoms with van der Waals surface area (Å²) in [6, 6.07) is -0.384. The molecular formula is C57H83N5O16. The minimum atomic E-state index is -0.971. The van der Waals surface area contributed by atoms with E-state index >= 15 is 0 Å². The Morgan fingerprint density at radius 1 is 0.615 bits per heavy atom. The van der Waals surface area contributed by atoms with Crippen LogP contribution in [0.2, 0.25) is 0 Å². The van der Waals surface area contributed by atoms with E-state index in [4.69, 9.17) is 43.3 Å². The monoisotopic (exact) mass is 1090 g/mol. The highest BCUT2D eigenvalue weighted by atomic mass is 16.6. The molecule has 432 valence electrons. The van der Waals surface area contributed by atoms with Gasteiger partial charge in [-0.1, -0.05) is 61.4 Å². The first kappa shape index (κ1) is 61.8. The molecule has 6 heterocycles. The molecular weight excluding hydrogens is 1010 g/mol. The Hall–Kier alpha value is -5.39. The molecule has 2 spiro atoms. The Labute approximate surface area is 457 Å². The second-order valence-electron chi connectivity index (χ2n) is 22.2. The summed E-state index contributed by atoms with van der Waals surface area (Å²) in [5.74, 6) is -2.81. The van der Waals surface area contributed by atoms with Gasteiger partial charge in [0, 0.05) is 38.8 Å². The van der Waals surface area contributed by atoms with E-state index < -0.39 is 89.7 Å². The summed E-state index contributed by atoms with van der Waals surface area (Å²) in [6.45, 7) is 18.5. The Morgan fingerprint density at radius 3 is 1.33 bits per heavy atom. The molecule has 0 aromatic rings. The van der Waals surface area contributed by atoms with E-state index in [0.717, 1.165) is 11.1 Å². The fourth-order valence-corrected chi connectivity index (χ4v) is 10.6. The fraction of sp³-hybridized carbons (Fsp3) is 0.667.